The van der Waals surface area contributed by atoms with Crippen LogP contribution in [0.5, 0.6) is 0 Å². The molecule has 2 unspecified atom stereocenters. The van der Waals surface area contributed by atoms with Crippen LogP contribution in [0.3, 0.4) is 0 Å². The zero-order valence-electron chi connectivity index (χ0n) is 13.9. The first-order valence-corrected chi connectivity index (χ1v) is 9.94. The van der Waals surface area contributed by atoms with Crippen LogP contribution < -0.4 is 0 Å². The van der Waals surface area contributed by atoms with Gasteiger partial charge in [-0.15, -0.1) is 11.3 Å². The van der Waals surface area contributed by atoms with Crippen LogP contribution in [-0.4, -0.2) is 38.1 Å². The van der Waals surface area contributed by atoms with Gasteiger partial charge in [0, 0.05) is 11.3 Å². The number of carbonyl (C=O) groups is 2. The molecule has 2 atom stereocenters. The van der Waals surface area contributed by atoms with Crippen molar-refractivity contribution in [3.8, 4) is 0 Å². The largest absolute Gasteiger partial charge is 0.481 e. The predicted octanol–water partition coefficient (Wildman–Crippen LogP) is 3.51. The molecule has 0 aliphatic carbocycles. The Balaban J connectivity index is 1.65. The maximum Gasteiger partial charge on any atom is 0.305 e. The second-order valence-electron chi connectivity index (χ2n) is 6.07. The highest BCUT2D eigenvalue weighted by Crippen LogP contribution is 2.39. The Morgan fingerprint density at radius 2 is 2.07 bits per heavy atom. The van der Waals surface area contributed by atoms with Crippen LogP contribution in [0.1, 0.15) is 29.3 Å². The molecule has 6 nitrogen and oxygen atoms in total. The first-order chi connectivity index (χ1) is 13.0. The van der Waals surface area contributed by atoms with E-state index in [1.54, 1.807) is 28.5 Å². The SMILES string of the molecule is O=C(O)CC1SC(N2N=C(c3ccc(F)cc3)CC2c2cccs2)=NC1=O. The highest BCUT2D eigenvalue weighted by atomic mass is 32.2. The van der Waals surface area contributed by atoms with E-state index in [-0.39, 0.29) is 18.3 Å². The maximum absolute atomic E-state index is 13.2. The number of nitrogens with zero attached hydrogens (tertiary/aromatic N) is 3. The number of carbonyl (C=O) groups excluding carboxylic acids is 1. The van der Waals surface area contributed by atoms with E-state index in [2.05, 4.69) is 10.1 Å². The molecule has 0 saturated heterocycles. The Morgan fingerprint density at radius 1 is 1.30 bits per heavy atom. The summed E-state index contributed by atoms with van der Waals surface area (Å²) in [5, 5.41) is 16.9. The molecular formula is C18H14FN3O3S2. The normalized spacial score (nSPS) is 22.1. The van der Waals surface area contributed by atoms with Crippen molar-refractivity contribution in [1.82, 2.24) is 5.01 Å². The number of amides is 1. The lowest BCUT2D eigenvalue weighted by Gasteiger charge is -2.21. The van der Waals surface area contributed by atoms with Crippen molar-refractivity contribution in [3.63, 3.8) is 0 Å². The third-order valence-electron chi connectivity index (χ3n) is 4.24. The summed E-state index contributed by atoms with van der Waals surface area (Å²) < 4.78 is 13.2. The quantitative estimate of drug-likeness (QED) is 0.845. The number of thiophene rings is 1. The summed E-state index contributed by atoms with van der Waals surface area (Å²) in [5.41, 5.74) is 1.57. The van der Waals surface area contributed by atoms with Crippen LogP contribution >= 0.6 is 23.1 Å². The first-order valence-electron chi connectivity index (χ1n) is 8.18. The summed E-state index contributed by atoms with van der Waals surface area (Å²) in [7, 11) is 0. The topological polar surface area (TPSA) is 82.3 Å². The Bertz CT molecular complexity index is 941. The number of aliphatic imine (C=N–C) groups is 1. The van der Waals surface area contributed by atoms with Gasteiger partial charge in [0.15, 0.2) is 5.17 Å². The molecule has 9 heteroatoms. The Hall–Kier alpha value is -2.52. The summed E-state index contributed by atoms with van der Waals surface area (Å²) in [5.74, 6) is -1.81. The van der Waals surface area contributed by atoms with Gasteiger partial charge in [-0.3, -0.25) is 9.59 Å². The Morgan fingerprint density at radius 3 is 2.74 bits per heavy atom. The molecule has 1 amide bonds. The van der Waals surface area contributed by atoms with E-state index in [0.29, 0.717) is 11.6 Å². The van der Waals surface area contributed by atoms with Gasteiger partial charge < -0.3 is 5.11 Å². The molecule has 138 valence electrons. The summed E-state index contributed by atoms with van der Waals surface area (Å²) >= 11 is 2.70. The van der Waals surface area contributed by atoms with Crippen molar-refractivity contribution in [3.05, 3.63) is 58.0 Å². The molecule has 0 saturated carbocycles. The van der Waals surface area contributed by atoms with Crippen molar-refractivity contribution in [1.29, 1.82) is 0 Å². The van der Waals surface area contributed by atoms with Crippen molar-refractivity contribution >= 4 is 45.9 Å². The molecule has 0 fully saturated rings. The standard InChI is InChI=1S/C18H14FN3O3S2/c19-11-5-3-10(4-6-11)12-8-13(14-2-1-7-26-14)22(21-12)18-20-17(25)15(27-18)9-16(23)24/h1-7,13,15H,8-9H2,(H,23,24). The zero-order chi connectivity index (χ0) is 19.0. The summed E-state index contributed by atoms with van der Waals surface area (Å²) in [6.45, 7) is 0. The van der Waals surface area contributed by atoms with Gasteiger partial charge in [-0.1, -0.05) is 30.0 Å². The molecule has 1 aromatic heterocycles. The van der Waals surface area contributed by atoms with Gasteiger partial charge in [-0.25, -0.2) is 9.40 Å². The fourth-order valence-electron chi connectivity index (χ4n) is 2.97. The van der Waals surface area contributed by atoms with Gasteiger partial charge in [0.25, 0.3) is 5.91 Å². The number of carboxylic acid groups (broad SMARTS) is 1. The molecule has 27 heavy (non-hydrogen) atoms. The smallest absolute Gasteiger partial charge is 0.305 e. The number of halogens is 1. The minimum atomic E-state index is -1.04. The van der Waals surface area contributed by atoms with Gasteiger partial charge in [-0.2, -0.15) is 10.1 Å². The number of hydrogen-bond donors (Lipinski definition) is 1. The maximum atomic E-state index is 13.2. The molecule has 0 bridgehead atoms. The van der Waals surface area contributed by atoms with E-state index in [4.69, 9.17) is 5.11 Å². The number of rotatable bonds is 4. The fourth-order valence-corrected chi connectivity index (χ4v) is 4.83. The average molecular weight is 403 g/mol. The minimum absolute atomic E-state index is 0.132. The van der Waals surface area contributed by atoms with Crippen molar-refractivity contribution < 1.29 is 19.1 Å². The van der Waals surface area contributed by atoms with E-state index in [1.165, 1.54) is 12.1 Å². The molecule has 0 spiro atoms. The number of benzene rings is 1. The molecule has 1 aromatic carbocycles. The highest BCUT2D eigenvalue weighted by molar-refractivity contribution is 8.15. The van der Waals surface area contributed by atoms with E-state index >= 15 is 0 Å². The molecule has 2 aliphatic heterocycles. The fraction of sp³-hybridized carbons (Fsp3) is 0.222. The van der Waals surface area contributed by atoms with Crippen molar-refractivity contribution in [2.24, 2.45) is 10.1 Å². The monoisotopic (exact) mass is 403 g/mol. The number of hydrogen-bond acceptors (Lipinski definition) is 6. The van der Waals surface area contributed by atoms with Crippen molar-refractivity contribution in [2.75, 3.05) is 0 Å². The van der Waals surface area contributed by atoms with Crippen molar-refractivity contribution in [2.45, 2.75) is 24.1 Å². The lowest BCUT2D eigenvalue weighted by Crippen LogP contribution is -2.23. The third-order valence-corrected chi connectivity index (χ3v) is 6.36. The predicted molar refractivity (Wildman–Crippen MR) is 103 cm³/mol. The van der Waals surface area contributed by atoms with Gasteiger partial charge in [0.05, 0.1) is 18.2 Å². The van der Waals surface area contributed by atoms with Gasteiger partial charge in [0.1, 0.15) is 11.1 Å². The van der Waals surface area contributed by atoms with E-state index in [9.17, 15) is 14.0 Å². The van der Waals surface area contributed by atoms with Crippen LogP contribution in [0.25, 0.3) is 0 Å². The number of amidine groups is 1. The first kappa shape index (κ1) is 17.9. The number of carboxylic acids is 1. The molecule has 2 aromatic rings. The van der Waals surface area contributed by atoms with E-state index < -0.39 is 17.1 Å². The second kappa shape index (κ2) is 7.24. The summed E-state index contributed by atoms with van der Waals surface area (Å²) in [4.78, 5) is 28.1. The van der Waals surface area contributed by atoms with E-state index in [0.717, 1.165) is 27.9 Å². The molecule has 3 heterocycles. The molecule has 0 radical (unpaired) electrons. The number of hydrazone groups is 1. The molecule has 1 N–H and O–H groups in total. The number of aliphatic carboxylic acids is 1. The third kappa shape index (κ3) is 3.65. The second-order valence-corrected chi connectivity index (χ2v) is 8.22. The van der Waals surface area contributed by atoms with Gasteiger partial charge >= 0.3 is 5.97 Å². The Labute approximate surface area is 162 Å². The van der Waals surface area contributed by atoms with Gasteiger partial charge in [0.2, 0.25) is 0 Å². The lowest BCUT2D eigenvalue weighted by molar-refractivity contribution is -0.138. The van der Waals surface area contributed by atoms with Crippen LogP contribution in [0, 0.1) is 5.82 Å². The average Bonchev–Trinajstić information content (AvgIpc) is 3.35. The molecule has 4 rings (SSSR count). The molecular weight excluding hydrogens is 389 g/mol. The van der Waals surface area contributed by atoms with Crippen LogP contribution in [-0.2, 0) is 9.59 Å². The van der Waals surface area contributed by atoms with Crippen LogP contribution in [0.4, 0.5) is 4.39 Å². The lowest BCUT2D eigenvalue weighted by atomic mass is 10.0. The van der Waals surface area contributed by atoms with E-state index in [1.807, 2.05) is 17.5 Å². The zero-order valence-corrected chi connectivity index (χ0v) is 15.5. The van der Waals surface area contributed by atoms with Crippen LogP contribution in [0.2, 0.25) is 0 Å². The summed E-state index contributed by atoms with van der Waals surface area (Å²) in [6.07, 6.45) is 0.312. The Kier molecular flexibility index (Phi) is 4.79. The molecule has 2 aliphatic rings. The number of thioether (sulfide) groups is 1. The minimum Gasteiger partial charge on any atom is -0.481 e. The van der Waals surface area contributed by atoms with Gasteiger partial charge in [-0.05, 0) is 29.1 Å². The highest BCUT2D eigenvalue weighted by Gasteiger charge is 2.39. The van der Waals surface area contributed by atoms with Crippen LogP contribution in [0.15, 0.2) is 51.9 Å². The summed E-state index contributed by atoms with van der Waals surface area (Å²) in [6, 6.07) is 9.91.